The Bertz CT molecular complexity index is 869. The number of hydrogen-bond acceptors (Lipinski definition) is 4. The largest absolute Gasteiger partial charge is 0.548 e. The predicted octanol–water partition coefficient (Wildman–Crippen LogP) is 1.60. The number of nitrogens with one attached hydrogen (secondary N) is 2. The van der Waals surface area contributed by atoms with Gasteiger partial charge in [-0.2, -0.15) is 0 Å². The minimum Gasteiger partial charge on any atom is -0.548 e. The first-order chi connectivity index (χ1) is 13.5. The zero-order valence-electron chi connectivity index (χ0n) is 15.6. The van der Waals surface area contributed by atoms with Crippen LogP contribution in [0.5, 0.6) is 0 Å². The van der Waals surface area contributed by atoms with Crippen LogP contribution in [0.2, 0.25) is 0 Å². The van der Waals surface area contributed by atoms with E-state index in [0.717, 1.165) is 11.1 Å². The molecule has 1 aliphatic rings. The van der Waals surface area contributed by atoms with Crippen LogP contribution < -0.4 is 15.7 Å². The molecule has 2 aromatic carbocycles. The molecule has 0 radical (unpaired) electrons. The van der Waals surface area contributed by atoms with Gasteiger partial charge in [-0.05, 0) is 43.0 Å². The van der Waals surface area contributed by atoms with Crippen LogP contribution in [0.3, 0.4) is 0 Å². The van der Waals surface area contributed by atoms with Gasteiger partial charge in [0.2, 0.25) is 5.91 Å². The summed E-state index contributed by atoms with van der Waals surface area (Å²) < 4.78 is 0. The number of carbonyl (C=O) groups is 3. The van der Waals surface area contributed by atoms with Gasteiger partial charge < -0.3 is 25.4 Å². The van der Waals surface area contributed by atoms with E-state index < -0.39 is 23.9 Å². The first-order valence-corrected chi connectivity index (χ1v) is 9.14. The highest BCUT2D eigenvalue weighted by Gasteiger charge is 2.38. The van der Waals surface area contributed by atoms with Gasteiger partial charge in [-0.3, -0.25) is 4.79 Å². The maximum Gasteiger partial charge on any atom is 0.319 e. The molecule has 3 rings (SSSR count). The van der Waals surface area contributed by atoms with Crippen LogP contribution in [0, 0.1) is 6.92 Å². The van der Waals surface area contributed by atoms with Crippen molar-refractivity contribution < 1.29 is 19.5 Å². The third kappa shape index (κ3) is 4.49. The number of carboxylic acid groups (broad SMARTS) is 1. The fourth-order valence-corrected chi connectivity index (χ4v) is 3.54. The smallest absolute Gasteiger partial charge is 0.319 e. The summed E-state index contributed by atoms with van der Waals surface area (Å²) in [6.07, 6.45) is 0.854. The van der Waals surface area contributed by atoms with Crippen molar-refractivity contribution in [3.63, 3.8) is 0 Å². The molecule has 1 aliphatic heterocycles. The van der Waals surface area contributed by atoms with Crippen molar-refractivity contribution >= 4 is 23.6 Å². The lowest BCUT2D eigenvalue weighted by Crippen LogP contribution is -2.50. The summed E-state index contributed by atoms with van der Waals surface area (Å²) in [7, 11) is 0. The van der Waals surface area contributed by atoms with Crippen molar-refractivity contribution in [3.05, 3.63) is 65.7 Å². The molecule has 0 bridgehead atoms. The minimum absolute atomic E-state index is 0.301. The van der Waals surface area contributed by atoms with Crippen molar-refractivity contribution in [2.75, 3.05) is 11.9 Å². The van der Waals surface area contributed by atoms with Gasteiger partial charge >= 0.3 is 6.03 Å². The van der Waals surface area contributed by atoms with Crippen LogP contribution in [0.4, 0.5) is 10.5 Å². The number of nitrogens with zero attached hydrogens (tertiary/aromatic N) is 1. The molecule has 2 aromatic rings. The number of likely N-dealkylation sites (tertiary alicyclic amines) is 1. The number of rotatable bonds is 5. The molecule has 1 fully saturated rings. The maximum atomic E-state index is 12.7. The molecule has 28 heavy (non-hydrogen) atoms. The second-order valence-corrected chi connectivity index (χ2v) is 6.82. The third-order valence-corrected chi connectivity index (χ3v) is 4.81. The maximum absolute atomic E-state index is 12.7. The zero-order chi connectivity index (χ0) is 20.1. The van der Waals surface area contributed by atoms with Gasteiger partial charge in [0.25, 0.3) is 0 Å². The molecule has 1 saturated heterocycles. The van der Waals surface area contributed by atoms with Gasteiger partial charge in [0.1, 0.15) is 0 Å². The summed E-state index contributed by atoms with van der Waals surface area (Å²) in [5.41, 5.74) is 2.47. The van der Waals surface area contributed by atoms with E-state index in [1.807, 2.05) is 49.4 Å². The van der Waals surface area contributed by atoms with Crippen molar-refractivity contribution in [2.45, 2.75) is 31.8 Å². The SMILES string of the molecule is Cc1cccc(NC(=O)NCC(=O)N2C(C(=O)[O-])CCC2c2ccccc2)c1. The molecular formula is C21H22N3O4-. The molecule has 1 heterocycles. The fraction of sp³-hybridized carbons (Fsp3) is 0.286. The molecule has 0 spiro atoms. The number of carboxylic acids is 1. The Morgan fingerprint density at radius 2 is 1.82 bits per heavy atom. The van der Waals surface area contributed by atoms with Crippen molar-refractivity contribution in [1.82, 2.24) is 10.2 Å². The number of hydrogen-bond donors (Lipinski definition) is 2. The summed E-state index contributed by atoms with van der Waals surface area (Å²) in [5.74, 6) is -1.74. The van der Waals surface area contributed by atoms with Gasteiger partial charge in [-0.15, -0.1) is 0 Å². The molecule has 7 nitrogen and oxygen atoms in total. The van der Waals surface area contributed by atoms with E-state index in [1.165, 1.54) is 4.90 Å². The number of amides is 3. The second kappa shape index (κ2) is 8.56. The number of aliphatic carboxylic acids is 1. The predicted molar refractivity (Wildman–Crippen MR) is 102 cm³/mol. The molecular weight excluding hydrogens is 358 g/mol. The molecule has 0 aromatic heterocycles. The standard InChI is InChI=1S/C21H23N3O4/c1-14-6-5-9-16(12-14)23-21(28)22-13-19(25)24-17(10-11-18(24)20(26)27)15-7-3-2-4-8-15/h2-9,12,17-18H,10-11,13H2,1H3,(H,26,27)(H2,22,23,28)/p-1. The molecule has 3 amide bonds. The van der Waals surface area contributed by atoms with Crippen molar-refractivity contribution in [2.24, 2.45) is 0 Å². The van der Waals surface area contributed by atoms with Gasteiger partial charge in [-0.25, -0.2) is 4.79 Å². The topological polar surface area (TPSA) is 102 Å². The summed E-state index contributed by atoms with van der Waals surface area (Å²) >= 11 is 0. The van der Waals surface area contributed by atoms with Gasteiger partial charge in [0.15, 0.2) is 0 Å². The number of carbonyl (C=O) groups excluding carboxylic acids is 3. The Labute approximate surface area is 163 Å². The number of benzene rings is 2. The van der Waals surface area contributed by atoms with Crippen LogP contribution in [0.15, 0.2) is 54.6 Å². The second-order valence-electron chi connectivity index (χ2n) is 6.82. The molecule has 2 N–H and O–H groups in total. The van der Waals surface area contributed by atoms with Crippen LogP contribution in [0.1, 0.15) is 30.0 Å². The minimum atomic E-state index is -1.28. The van der Waals surface area contributed by atoms with Crippen molar-refractivity contribution in [3.8, 4) is 0 Å². The molecule has 0 aliphatic carbocycles. The van der Waals surface area contributed by atoms with Crippen LogP contribution >= 0.6 is 0 Å². The first kappa shape index (κ1) is 19.4. The Balaban J connectivity index is 1.66. The van der Waals surface area contributed by atoms with Gasteiger partial charge in [0.05, 0.1) is 24.6 Å². The summed E-state index contributed by atoms with van der Waals surface area (Å²) in [5, 5.41) is 16.7. The Kier molecular flexibility index (Phi) is 5.93. The average Bonchev–Trinajstić information content (AvgIpc) is 3.12. The molecule has 146 valence electrons. The average molecular weight is 380 g/mol. The van der Waals surface area contributed by atoms with E-state index in [1.54, 1.807) is 12.1 Å². The molecule has 2 atom stereocenters. The van der Waals surface area contributed by atoms with E-state index >= 15 is 0 Å². The molecule has 0 saturated carbocycles. The van der Waals surface area contributed by atoms with E-state index in [9.17, 15) is 19.5 Å². The van der Waals surface area contributed by atoms with Crippen molar-refractivity contribution in [1.29, 1.82) is 0 Å². The molecule has 2 unspecified atom stereocenters. The highest BCUT2D eigenvalue weighted by Crippen LogP contribution is 2.35. The van der Waals surface area contributed by atoms with Gasteiger partial charge in [0, 0.05) is 5.69 Å². The lowest BCUT2D eigenvalue weighted by Gasteiger charge is -2.31. The number of urea groups is 1. The quantitative estimate of drug-likeness (QED) is 0.822. The lowest BCUT2D eigenvalue weighted by molar-refractivity contribution is -0.310. The highest BCUT2D eigenvalue weighted by atomic mass is 16.4. The molecule has 7 heteroatoms. The van der Waals surface area contributed by atoms with Crippen LogP contribution in [-0.2, 0) is 9.59 Å². The summed E-state index contributed by atoms with van der Waals surface area (Å²) in [4.78, 5) is 37.7. The van der Waals surface area contributed by atoms with E-state index in [4.69, 9.17) is 0 Å². The lowest BCUT2D eigenvalue weighted by atomic mass is 10.0. The van der Waals surface area contributed by atoms with Gasteiger partial charge in [-0.1, -0.05) is 42.5 Å². The normalized spacial score (nSPS) is 18.5. The highest BCUT2D eigenvalue weighted by molar-refractivity contribution is 5.93. The third-order valence-electron chi connectivity index (χ3n) is 4.81. The first-order valence-electron chi connectivity index (χ1n) is 9.14. The van der Waals surface area contributed by atoms with Crippen LogP contribution in [-0.4, -0.2) is 35.4 Å². The Morgan fingerprint density at radius 1 is 1.07 bits per heavy atom. The summed E-state index contributed by atoms with van der Waals surface area (Å²) in [6, 6.07) is 14.7. The fourth-order valence-electron chi connectivity index (χ4n) is 3.54. The Morgan fingerprint density at radius 3 is 2.50 bits per heavy atom. The zero-order valence-corrected chi connectivity index (χ0v) is 15.6. The van der Waals surface area contributed by atoms with E-state index in [-0.39, 0.29) is 12.6 Å². The number of anilines is 1. The van der Waals surface area contributed by atoms with E-state index in [2.05, 4.69) is 10.6 Å². The number of aryl methyl sites for hydroxylation is 1. The van der Waals surface area contributed by atoms with Crippen LogP contribution in [0.25, 0.3) is 0 Å². The van der Waals surface area contributed by atoms with E-state index in [0.29, 0.717) is 18.5 Å². The monoisotopic (exact) mass is 380 g/mol. The summed E-state index contributed by atoms with van der Waals surface area (Å²) in [6.45, 7) is 1.61. The Hall–Kier alpha value is -3.35.